The van der Waals surface area contributed by atoms with Crippen molar-refractivity contribution in [2.45, 2.75) is 13.8 Å². The number of carboxylic acid groups (broad SMARTS) is 1. The molecular weight excluding hydrogens is 187 g/mol. The van der Waals surface area contributed by atoms with Crippen LogP contribution in [0.25, 0.3) is 0 Å². The summed E-state index contributed by atoms with van der Waals surface area (Å²) in [5.74, 6) is -1.46. The lowest BCUT2D eigenvalue weighted by Gasteiger charge is -2.10. The van der Waals surface area contributed by atoms with E-state index in [1.165, 1.54) is 13.0 Å². The SMILES string of the molecule is CCOc1c(C(=O)O)ccc(F)c1C. The van der Waals surface area contributed by atoms with Crippen molar-refractivity contribution in [3.63, 3.8) is 0 Å². The number of carboxylic acids is 1. The van der Waals surface area contributed by atoms with E-state index in [1.807, 2.05) is 0 Å². The number of ether oxygens (including phenoxy) is 1. The van der Waals surface area contributed by atoms with Gasteiger partial charge in [0.25, 0.3) is 0 Å². The first kappa shape index (κ1) is 10.5. The molecule has 0 atom stereocenters. The van der Waals surface area contributed by atoms with Crippen LogP contribution in [-0.4, -0.2) is 17.7 Å². The second kappa shape index (κ2) is 4.09. The van der Waals surface area contributed by atoms with E-state index in [2.05, 4.69) is 0 Å². The molecule has 0 unspecified atom stereocenters. The van der Waals surface area contributed by atoms with Crippen LogP contribution >= 0.6 is 0 Å². The van der Waals surface area contributed by atoms with Gasteiger partial charge in [0, 0.05) is 5.56 Å². The third kappa shape index (κ3) is 1.84. The van der Waals surface area contributed by atoms with Gasteiger partial charge >= 0.3 is 5.97 Å². The molecule has 1 aromatic carbocycles. The molecule has 0 aliphatic rings. The Morgan fingerprint density at radius 3 is 2.71 bits per heavy atom. The highest BCUT2D eigenvalue weighted by Gasteiger charge is 2.15. The lowest BCUT2D eigenvalue weighted by atomic mass is 10.1. The fourth-order valence-corrected chi connectivity index (χ4v) is 1.17. The Balaban J connectivity index is 3.29. The molecule has 1 N–H and O–H groups in total. The monoisotopic (exact) mass is 198 g/mol. The number of aromatic carboxylic acids is 1. The maximum Gasteiger partial charge on any atom is 0.339 e. The molecule has 0 saturated heterocycles. The van der Waals surface area contributed by atoms with Gasteiger partial charge in [0.05, 0.1) is 6.61 Å². The molecule has 0 heterocycles. The smallest absolute Gasteiger partial charge is 0.339 e. The molecule has 0 aromatic heterocycles. The highest BCUT2D eigenvalue weighted by Crippen LogP contribution is 2.25. The van der Waals surface area contributed by atoms with E-state index in [0.29, 0.717) is 6.61 Å². The highest BCUT2D eigenvalue weighted by molar-refractivity contribution is 5.91. The average Bonchev–Trinajstić information content (AvgIpc) is 2.13. The topological polar surface area (TPSA) is 46.5 Å². The van der Waals surface area contributed by atoms with Crippen molar-refractivity contribution in [3.8, 4) is 5.75 Å². The van der Waals surface area contributed by atoms with E-state index in [9.17, 15) is 9.18 Å². The Bertz CT molecular complexity index is 361. The molecule has 1 aromatic rings. The number of hydrogen-bond acceptors (Lipinski definition) is 2. The lowest BCUT2D eigenvalue weighted by Crippen LogP contribution is -2.05. The number of hydrogen-bond donors (Lipinski definition) is 1. The summed E-state index contributed by atoms with van der Waals surface area (Å²) in [6.45, 7) is 3.52. The molecule has 0 saturated carbocycles. The fourth-order valence-electron chi connectivity index (χ4n) is 1.17. The zero-order chi connectivity index (χ0) is 10.7. The second-order valence-corrected chi connectivity index (χ2v) is 2.79. The molecular formula is C10H11FO3. The maximum absolute atomic E-state index is 13.1. The van der Waals surface area contributed by atoms with Gasteiger partial charge in [-0.05, 0) is 26.0 Å². The van der Waals surface area contributed by atoms with Gasteiger partial charge in [0.2, 0.25) is 0 Å². The van der Waals surface area contributed by atoms with Gasteiger partial charge in [-0.1, -0.05) is 0 Å². The summed E-state index contributed by atoms with van der Waals surface area (Å²) in [5.41, 5.74) is 0.220. The van der Waals surface area contributed by atoms with E-state index in [1.54, 1.807) is 6.92 Å². The van der Waals surface area contributed by atoms with Crippen molar-refractivity contribution >= 4 is 5.97 Å². The third-order valence-corrected chi connectivity index (χ3v) is 1.86. The number of rotatable bonds is 3. The van der Waals surface area contributed by atoms with E-state index < -0.39 is 11.8 Å². The fraction of sp³-hybridized carbons (Fsp3) is 0.300. The van der Waals surface area contributed by atoms with Crippen molar-refractivity contribution in [2.24, 2.45) is 0 Å². The summed E-state index contributed by atoms with van der Waals surface area (Å²) in [5, 5.41) is 8.81. The second-order valence-electron chi connectivity index (χ2n) is 2.79. The average molecular weight is 198 g/mol. The largest absolute Gasteiger partial charge is 0.493 e. The van der Waals surface area contributed by atoms with Gasteiger partial charge in [-0.15, -0.1) is 0 Å². The molecule has 0 spiro atoms. The Labute approximate surface area is 81.1 Å². The maximum atomic E-state index is 13.1. The van der Waals surface area contributed by atoms with E-state index >= 15 is 0 Å². The lowest BCUT2D eigenvalue weighted by molar-refractivity contribution is 0.0692. The summed E-state index contributed by atoms with van der Waals surface area (Å²) in [4.78, 5) is 10.8. The summed E-state index contributed by atoms with van der Waals surface area (Å²) >= 11 is 0. The van der Waals surface area contributed by atoms with Crippen LogP contribution in [0.1, 0.15) is 22.8 Å². The predicted octanol–water partition coefficient (Wildman–Crippen LogP) is 2.23. The first-order chi connectivity index (χ1) is 6.57. The quantitative estimate of drug-likeness (QED) is 0.810. The first-order valence-corrected chi connectivity index (χ1v) is 4.23. The minimum Gasteiger partial charge on any atom is -0.493 e. The van der Waals surface area contributed by atoms with Crippen LogP contribution in [0.15, 0.2) is 12.1 Å². The zero-order valence-corrected chi connectivity index (χ0v) is 8.00. The van der Waals surface area contributed by atoms with Crippen LogP contribution in [0.2, 0.25) is 0 Å². The Kier molecular flexibility index (Phi) is 3.06. The predicted molar refractivity (Wildman–Crippen MR) is 49.3 cm³/mol. The van der Waals surface area contributed by atoms with Gasteiger partial charge in [0.1, 0.15) is 17.1 Å². The zero-order valence-electron chi connectivity index (χ0n) is 8.00. The number of halogens is 1. The molecule has 4 heteroatoms. The third-order valence-electron chi connectivity index (χ3n) is 1.86. The molecule has 0 aliphatic heterocycles. The van der Waals surface area contributed by atoms with Crippen LogP contribution in [0.5, 0.6) is 5.75 Å². The van der Waals surface area contributed by atoms with Gasteiger partial charge in [-0.2, -0.15) is 0 Å². The van der Waals surface area contributed by atoms with E-state index in [-0.39, 0.29) is 16.9 Å². The minimum atomic E-state index is -1.11. The molecule has 1 rings (SSSR count). The Morgan fingerprint density at radius 2 is 2.21 bits per heavy atom. The number of benzene rings is 1. The van der Waals surface area contributed by atoms with Crippen LogP contribution < -0.4 is 4.74 Å². The Morgan fingerprint density at radius 1 is 1.57 bits per heavy atom. The number of carbonyl (C=O) groups is 1. The van der Waals surface area contributed by atoms with Crippen molar-refractivity contribution in [2.75, 3.05) is 6.61 Å². The molecule has 14 heavy (non-hydrogen) atoms. The van der Waals surface area contributed by atoms with Gasteiger partial charge in [0.15, 0.2) is 0 Å². The van der Waals surface area contributed by atoms with E-state index in [0.717, 1.165) is 6.07 Å². The summed E-state index contributed by atoms with van der Waals surface area (Å²) in [6, 6.07) is 2.33. The molecule has 3 nitrogen and oxygen atoms in total. The molecule has 0 aliphatic carbocycles. The summed E-state index contributed by atoms with van der Waals surface area (Å²) < 4.78 is 18.2. The Hall–Kier alpha value is -1.58. The molecule has 0 amide bonds. The van der Waals surface area contributed by atoms with Crippen molar-refractivity contribution in [1.82, 2.24) is 0 Å². The standard InChI is InChI=1S/C10H11FO3/c1-3-14-9-6(2)8(11)5-4-7(9)10(12)13/h4-5H,3H2,1-2H3,(H,12,13). The summed E-state index contributed by atoms with van der Waals surface area (Å²) in [6.07, 6.45) is 0. The van der Waals surface area contributed by atoms with Crippen molar-refractivity contribution < 1.29 is 19.0 Å². The summed E-state index contributed by atoms with van der Waals surface area (Å²) in [7, 11) is 0. The van der Waals surface area contributed by atoms with Gasteiger partial charge in [-0.3, -0.25) is 0 Å². The highest BCUT2D eigenvalue weighted by atomic mass is 19.1. The van der Waals surface area contributed by atoms with Crippen molar-refractivity contribution in [3.05, 3.63) is 29.1 Å². The van der Waals surface area contributed by atoms with Gasteiger partial charge in [-0.25, -0.2) is 9.18 Å². The van der Waals surface area contributed by atoms with Gasteiger partial charge < -0.3 is 9.84 Å². The van der Waals surface area contributed by atoms with Crippen LogP contribution in [0.4, 0.5) is 4.39 Å². The molecule has 0 fully saturated rings. The van der Waals surface area contributed by atoms with Crippen LogP contribution in [0.3, 0.4) is 0 Å². The van der Waals surface area contributed by atoms with Crippen LogP contribution in [0, 0.1) is 12.7 Å². The normalized spacial score (nSPS) is 9.93. The van der Waals surface area contributed by atoms with E-state index in [4.69, 9.17) is 9.84 Å². The van der Waals surface area contributed by atoms with Crippen molar-refractivity contribution in [1.29, 1.82) is 0 Å². The molecule has 76 valence electrons. The molecule has 0 bridgehead atoms. The first-order valence-electron chi connectivity index (χ1n) is 4.23. The van der Waals surface area contributed by atoms with Crippen LogP contribution in [-0.2, 0) is 0 Å². The molecule has 0 radical (unpaired) electrons. The minimum absolute atomic E-state index is 0.00856.